The fourth-order valence-corrected chi connectivity index (χ4v) is 2.25. The topological polar surface area (TPSA) is 51.0 Å². The van der Waals surface area contributed by atoms with Crippen molar-refractivity contribution in [1.29, 1.82) is 0 Å². The maximum absolute atomic E-state index is 5.54. The molecule has 0 saturated carbocycles. The molecule has 1 aromatic heterocycles. The summed E-state index contributed by atoms with van der Waals surface area (Å²) in [7, 11) is 0. The summed E-state index contributed by atoms with van der Waals surface area (Å²) in [6.45, 7) is 6.25. The first-order valence-electron chi connectivity index (χ1n) is 7.40. The van der Waals surface area contributed by atoms with E-state index in [0.717, 1.165) is 17.7 Å². The van der Waals surface area contributed by atoms with Gasteiger partial charge in [-0.05, 0) is 25.0 Å². The second-order valence-electron chi connectivity index (χ2n) is 5.06. The van der Waals surface area contributed by atoms with Crippen molar-refractivity contribution in [3.8, 4) is 11.5 Å². The van der Waals surface area contributed by atoms with Crippen LogP contribution in [-0.4, -0.2) is 16.2 Å². The number of rotatable bonds is 7. The molecule has 0 radical (unpaired) electrons. The van der Waals surface area contributed by atoms with Gasteiger partial charge in [-0.25, -0.2) is 0 Å². The van der Waals surface area contributed by atoms with Gasteiger partial charge in [0.2, 0.25) is 11.8 Å². The lowest BCUT2D eigenvalue weighted by Crippen LogP contribution is -2.18. The van der Waals surface area contributed by atoms with Crippen molar-refractivity contribution in [2.45, 2.75) is 52.5 Å². The van der Waals surface area contributed by atoms with Crippen LogP contribution in [0, 0.1) is 6.92 Å². The second-order valence-corrected chi connectivity index (χ2v) is 5.06. The van der Waals surface area contributed by atoms with Crippen molar-refractivity contribution in [3.05, 3.63) is 30.2 Å². The fraction of sp³-hybridized carbons (Fsp3) is 0.500. The molecule has 2 aromatic rings. The number of hydrogen-bond donors (Lipinski definition) is 1. The minimum atomic E-state index is 0.486. The standard InChI is InChI=1S/C16H23N3O/c1-4-6-9-13(5-2)17-15-11-8-7-10-14(15)16-19-18-12(3)20-16/h7-8,10-11,13,17H,4-6,9H2,1-3H3. The minimum absolute atomic E-state index is 0.486. The van der Waals surface area contributed by atoms with E-state index in [9.17, 15) is 0 Å². The molecule has 4 heteroatoms. The molecule has 0 amide bonds. The molecule has 1 unspecified atom stereocenters. The Balaban J connectivity index is 2.19. The quantitative estimate of drug-likeness (QED) is 0.811. The summed E-state index contributed by atoms with van der Waals surface area (Å²) >= 11 is 0. The van der Waals surface area contributed by atoms with Gasteiger partial charge in [0.05, 0.1) is 5.56 Å². The van der Waals surface area contributed by atoms with Crippen LogP contribution in [0.15, 0.2) is 28.7 Å². The molecule has 0 saturated heterocycles. The Morgan fingerprint density at radius 1 is 1.20 bits per heavy atom. The molecule has 0 bridgehead atoms. The van der Waals surface area contributed by atoms with Crippen molar-refractivity contribution < 1.29 is 4.42 Å². The zero-order valence-corrected chi connectivity index (χ0v) is 12.5. The highest BCUT2D eigenvalue weighted by atomic mass is 16.4. The van der Waals surface area contributed by atoms with Gasteiger partial charge in [0.15, 0.2) is 0 Å². The summed E-state index contributed by atoms with van der Waals surface area (Å²) in [6.07, 6.45) is 4.76. The van der Waals surface area contributed by atoms with Gasteiger partial charge >= 0.3 is 0 Å². The van der Waals surface area contributed by atoms with Crippen LogP contribution in [0.2, 0.25) is 0 Å². The maximum atomic E-state index is 5.54. The Hall–Kier alpha value is -1.84. The predicted molar refractivity (Wildman–Crippen MR) is 81.7 cm³/mol. The van der Waals surface area contributed by atoms with Crippen LogP contribution in [0.4, 0.5) is 5.69 Å². The van der Waals surface area contributed by atoms with Crippen LogP contribution in [0.3, 0.4) is 0 Å². The van der Waals surface area contributed by atoms with E-state index in [0.29, 0.717) is 17.8 Å². The third-order valence-electron chi connectivity index (χ3n) is 3.44. The van der Waals surface area contributed by atoms with Gasteiger partial charge in [0.1, 0.15) is 0 Å². The molecule has 108 valence electrons. The molecule has 0 fully saturated rings. The summed E-state index contributed by atoms with van der Waals surface area (Å²) in [5.41, 5.74) is 2.04. The number of anilines is 1. The molecule has 20 heavy (non-hydrogen) atoms. The third-order valence-corrected chi connectivity index (χ3v) is 3.44. The second kappa shape index (κ2) is 7.08. The molecule has 1 atom stereocenters. The largest absolute Gasteiger partial charge is 0.421 e. The Morgan fingerprint density at radius 3 is 2.65 bits per heavy atom. The van der Waals surface area contributed by atoms with Crippen molar-refractivity contribution in [2.75, 3.05) is 5.32 Å². The van der Waals surface area contributed by atoms with Gasteiger partial charge in [0.25, 0.3) is 0 Å². The normalized spacial score (nSPS) is 12.3. The molecule has 0 spiro atoms. The van der Waals surface area contributed by atoms with E-state index in [-0.39, 0.29) is 0 Å². The molecule has 0 aliphatic heterocycles. The van der Waals surface area contributed by atoms with E-state index in [2.05, 4.69) is 35.4 Å². The third kappa shape index (κ3) is 3.59. The van der Waals surface area contributed by atoms with Gasteiger partial charge in [0, 0.05) is 18.7 Å². The van der Waals surface area contributed by atoms with Crippen molar-refractivity contribution in [2.24, 2.45) is 0 Å². The Labute approximate surface area is 120 Å². The zero-order chi connectivity index (χ0) is 14.4. The van der Waals surface area contributed by atoms with Crippen LogP contribution in [-0.2, 0) is 0 Å². The first kappa shape index (κ1) is 14.6. The number of nitrogens with one attached hydrogen (secondary N) is 1. The Morgan fingerprint density at radius 2 is 2.00 bits per heavy atom. The molecule has 1 heterocycles. The fourth-order valence-electron chi connectivity index (χ4n) is 2.25. The molecular formula is C16H23N3O. The van der Waals surface area contributed by atoms with Crippen LogP contribution < -0.4 is 5.32 Å². The number of aromatic nitrogens is 2. The summed E-state index contributed by atoms with van der Waals surface area (Å²) in [4.78, 5) is 0. The molecule has 1 aromatic carbocycles. The molecular weight excluding hydrogens is 250 g/mol. The summed E-state index contributed by atoms with van der Waals surface area (Å²) in [5.74, 6) is 1.17. The predicted octanol–water partition coefficient (Wildman–Crippen LogP) is 4.43. The summed E-state index contributed by atoms with van der Waals surface area (Å²) in [6, 6.07) is 8.60. The van der Waals surface area contributed by atoms with Gasteiger partial charge in [-0.1, -0.05) is 38.8 Å². The lowest BCUT2D eigenvalue weighted by Gasteiger charge is -2.19. The zero-order valence-electron chi connectivity index (χ0n) is 12.5. The van der Waals surface area contributed by atoms with E-state index in [1.54, 1.807) is 0 Å². The molecule has 0 aliphatic carbocycles. The van der Waals surface area contributed by atoms with Crippen LogP contribution >= 0.6 is 0 Å². The lowest BCUT2D eigenvalue weighted by molar-refractivity contribution is 0.532. The van der Waals surface area contributed by atoms with E-state index >= 15 is 0 Å². The Kier molecular flexibility index (Phi) is 5.16. The monoisotopic (exact) mass is 273 g/mol. The number of hydrogen-bond acceptors (Lipinski definition) is 4. The molecule has 2 rings (SSSR count). The average Bonchev–Trinajstić information content (AvgIpc) is 2.90. The van der Waals surface area contributed by atoms with Crippen LogP contribution in [0.5, 0.6) is 0 Å². The highest BCUT2D eigenvalue weighted by molar-refractivity contribution is 5.72. The Bertz CT molecular complexity index is 536. The van der Waals surface area contributed by atoms with Gasteiger partial charge < -0.3 is 9.73 Å². The van der Waals surface area contributed by atoms with Crippen LogP contribution in [0.1, 0.15) is 45.4 Å². The SMILES string of the molecule is CCCCC(CC)Nc1ccccc1-c1nnc(C)o1. The van der Waals surface area contributed by atoms with E-state index in [1.165, 1.54) is 19.3 Å². The van der Waals surface area contributed by atoms with Gasteiger partial charge in [-0.3, -0.25) is 0 Å². The molecule has 0 aliphatic rings. The smallest absolute Gasteiger partial charge is 0.249 e. The number of unbranched alkanes of at least 4 members (excludes halogenated alkanes) is 1. The van der Waals surface area contributed by atoms with E-state index < -0.39 is 0 Å². The summed E-state index contributed by atoms with van der Waals surface area (Å²) in [5, 5.41) is 11.6. The first-order chi connectivity index (χ1) is 9.74. The van der Waals surface area contributed by atoms with Crippen LogP contribution in [0.25, 0.3) is 11.5 Å². The van der Waals surface area contributed by atoms with Crippen molar-refractivity contribution in [3.63, 3.8) is 0 Å². The van der Waals surface area contributed by atoms with Crippen molar-refractivity contribution in [1.82, 2.24) is 10.2 Å². The van der Waals surface area contributed by atoms with Crippen molar-refractivity contribution >= 4 is 5.69 Å². The minimum Gasteiger partial charge on any atom is -0.421 e. The number of nitrogens with zero attached hydrogens (tertiary/aromatic N) is 2. The van der Waals surface area contributed by atoms with Gasteiger partial charge in [-0.2, -0.15) is 0 Å². The highest BCUT2D eigenvalue weighted by Gasteiger charge is 2.13. The summed E-state index contributed by atoms with van der Waals surface area (Å²) < 4.78 is 5.54. The highest BCUT2D eigenvalue weighted by Crippen LogP contribution is 2.28. The van der Waals surface area contributed by atoms with Gasteiger partial charge in [-0.15, -0.1) is 10.2 Å². The molecule has 1 N–H and O–H groups in total. The van der Waals surface area contributed by atoms with E-state index in [1.807, 2.05) is 25.1 Å². The number of benzene rings is 1. The molecule has 4 nitrogen and oxygen atoms in total. The lowest BCUT2D eigenvalue weighted by atomic mass is 10.1. The number of para-hydroxylation sites is 1. The first-order valence-corrected chi connectivity index (χ1v) is 7.40. The average molecular weight is 273 g/mol. The van der Waals surface area contributed by atoms with E-state index in [4.69, 9.17) is 4.42 Å². The number of aryl methyl sites for hydroxylation is 1. The maximum Gasteiger partial charge on any atom is 0.249 e.